The number of hydrogen-bond donors (Lipinski definition) is 0. The zero-order valence-electron chi connectivity index (χ0n) is 53.0. The number of hydrogen-bond acceptors (Lipinski definition) is 13. The Kier molecular flexibility index (Phi) is 27.4. The van der Waals surface area contributed by atoms with Gasteiger partial charge in [-0.2, -0.15) is 8.75 Å². The number of anilines is 6. The van der Waals surface area contributed by atoms with Crippen molar-refractivity contribution in [2.45, 2.75) is 182 Å². The highest BCUT2D eigenvalue weighted by molar-refractivity contribution is 7.00. The summed E-state index contributed by atoms with van der Waals surface area (Å²) in [6.07, 6.45) is 28.3. The van der Waals surface area contributed by atoms with Gasteiger partial charge in [-0.3, -0.25) is 20.2 Å². The first-order valence-electron chi connectivity index (χ1n) is 33.1. The fourth-order valence-electron chi connectivity index (χ4n) is 11.4. The van der Waals surface area contributed by atoms with Gasteiger partial charge in [-0.1, -0.05) is 180 Å². The van der Waals surface area contributed by atoms with Crippen LogP contribution in [0.3, 0.4) is 0 Å². The molecule has 0 aliphatic rings. The first-order chi connectivity index (χ1) is 43.7. The summed E-state index contributed by atoms with van der Waals surface area (Å²) in [7, 11) is 0. The Morgan fingerprint density at radius 3 is 0.764 bits per heavy atom. The molecule has 0 amide bonds. The van der Waals surface area contributed by atoms with Crippen LogP contribution in [-0.2, 0) is 0 Å². The summed E-state index contributed by atoms with van der Waals surface area (Å²) in [4.78, 5) is 29.8. The van der Waals surface area contributed by atoms with Gasteiger partial charge in [0.2, 0.25) is 0 Å². The molecule has 0 atom stereocenters. The van der Waals surface area contributed by atoms with E-state index >= 15 is 0 Å². The summed E-state index contributed by atoms with van der Waals surface area (Å²) in [5, 5.41) is 27.0. The summed E-state index contributed by atoms with van der Waals surface area (Å²) < 4.78 is 34.0. The van der Waals surface area contributed by atoms with Crippen LogP contribution in [-0.4, -0.2) is 45.0 Å². The normalized spacial score (nSPS) is 11.2. The molecule has 0 N–H and O–H groups in total. The van der Waals surface area contributed by atoms with Crippen LogP contribution in [0.25, 0.3) is 33.3 Å². The van der Waals surface area contributed by atoms with E-state index in [1.165, 1.54) is 103 Å². The van der Waals surface area contributed by atoms with Crippen LogP contribution in [0, 0.1) is 20.2 Å². The summed E-state index contributed by atoms with van der Waals surface area (Å²) in [5.74, 6) is 3.12. The van der Waals surface area contributed by atoms with Gasteiger partial charge >= 0.3 is 11.4 Å². The lowest BCUT2D eigenvalue weighted by Gasteiger charge is -2.26. The highest BCUT2D eigenvalue weighted by atomic mass is 32.1. The molecule has 1 heterocycles. The number of ether oxygens (including phenoxy) is 4. The third-order valence-corrected chi connectivity index (χ3v) is 16.8. The Labute approximate surface area is 532 Å². The molecule has 0 aliphatic heterocycles. The van der Waals surface area contributed by atoms with E-state index in [-0.39, 0.29) is 22.2 Å². The Bertz CT molecular complexity index is 3010. The number of benzene rings is 7. The highest BCUT2D eigenvalue weighted by Crippen LogP contribution is 2.51. The Hall–Kier alpha value is -8.04. The zero-order valence-corrected chi connectivity index (χ0v) is 53.8. The molecule has 0 saturated carbocycles. The van der Waals surface area contributed by atoms with Gasteiger partial charge in [0.05, 0.1) is 59.1 Å². The first-order valence-corrected chi connectivity index (χ1v) is 33.8. The summed E-state index contributed by atoms with van der Waals surface area (Å²) in [5.41, 5.74) is 4.84. The second-order valence-corrected chi connectivity index (χ2v) is 23.7. The molecular weight excluding hydrogens is 1130 g/mol. The maximum atomic E-state index is 13.5. The molecule has 1 aromatic heterocycles. The largest absolute Gasteiger partial charge is 0.494 e. The Balaban J connectivity index is 1.09. The Morgan fingerprint density at radius 1 is 0.326 bits per heavy atom. The van der Waals surface area contributed by atoms with Crippen LogP contribution in [0.4, 0.5) is 45.5 Å². The molecule has 89 heavy (non-hydrogen) atoms. The topological polar surface area (TPSA) is 155 Å². The maximum absolute atomic E-state index is 13.5. The second-order valence-electron chi connectivity index (χ2n) is 23.1. The van der Waals surface area contributed by atoms with Crippen molar-refractivity contribution < 1.29 is 28.8 Å². The molecule has 0 fully saturated rings. The predicted octanol–water partition coefficient (Wildman–Crippen LogP) is 22.7. The minimum atomic E-state index is -0.666. The van der Waals surface area contributed by atoms with Crippen molar-refractivity contribution in [2.75, 3.05) is 36.2 Å². The maximum Gasteiger partial charge on any atom is 0.356 e. The monoisotopic (exact) mass is 1220 g/mol. The van der Waals surface area contributed by atoms with Crippen molar-refractivity contribution in [2.24, 2.45) is 0 Å². The van der Waals surface area contributed by atoms with Crippen LogP contribution in [0.15, 0.2) is 146 Å². The van der Waals surface area contributed by atoms with Gasteiger partial charge in [-0.05, 0) is 158 Å². The molecule has 0 spiro atoms. The highest BCUT2D eigenvalue weighted by Gasteiger charge is 2.39. The lowest BCUT2D eigenvalue weighted by molar-refractivity contribution is -0.421. The van der Waals surface area contributed by atoms with Crippen LogP contribution < -0.4 is 28.7 Å². The van der Waals surface area contributed by atoms with Crippen molar-refractivity contribution >= 4 is 68.3 Å². The SMILES string of the molecule is CCCCCCCCOc1ccc(N(c2ccc(OCCCCCCCC)cc2)c2ccc(-c3c([N+](=O)[O-])c([N+](=O)[O-])c(-c4ccc(N(c5ccc(OCCCCCCCC)cc5)c5ccc(OCCCCCCCC)cc5)cc4)c4nsnc34)cc2)cc1. The zero-order chi connectivity index (χ0) is 62.4. The average molecular weight is 1230 g/mol. The number of nitrogens with zero attached hydrogens (tertiary/aromatic N) is 6. The van der Waals surface area contributed by atoms with Crippen molar-refractivity contribution in [3.05, 3.63) is 166 Å². The van der Waals surface area contributed by atoms with Gasteiger partial charge in [0.1, 0.15) is 34.0 Å². The molecule has 0 unspecified atom stereocenters. The molecule has 8 aromatic rings. The van der Waals surface area contributed by atoms with E-state index in [1.807, 2.05) is 121 Å². The molecule has 7 aromatic carbocycles. The van der Waals surface area contributed by atoms with Crippen molar-refractivity contribution in [3.8, 4) is 45.3 Å². The third kappa shape index (κ3) is 19.5. The van der Waals surface area contributed by atoms with Gasteiger partial charge in [-0.25, -0.2) is 0 Å². The number of aromatic nitrogens is 2. The smallest absolute Gasteiger partial charge is 0.356 e. The van der Waals surface area contributed by atoms with Crippen molar-refractivity contribution in [3.63, 3.8) is 0 Å². The number of fused-ring (bicyclic) bond motifs is 1. The average Bonchev–Trinajstić information content (AvgIpc) is 1.76. The number of nitro groups is 2. The van der Waals surface area contributed by atoms with E-state index in [9.17, 15) is 20.2 Å². The lowest BCUT2D eigenvalue weighted by atomic mass is 9.93. The van der Waals surface area contributed by atoms with Crippen LogP contribution in [0.5, 0.6) is 23.0 Å². The van der Waals surface area contributed by atoms with E-state index in [1.54, 1.807) is 24.3 Å². The summed E-state index contributed by atoms with van der Waals surface area (Å²) >= 11 is 0.857. The third-order valence-electron chi connectivity index (χ3n) is 16.3. The number of rotatable bonds is 42. The molecule has 14 nitrogen and oxygen atoms in total. The van der Waals surface area contributed by atoms with Gasteiger partial charge in [0.15, 0.2) is 0 Å². The van der Waals surface area contributed by atoms with E-state index < -0.39 is 21.2 Å². The molecule has 0 saturated heterocycles. The van der Waals surface area contributed by atoms with Gasteiger partial charge in [-0.15, -0.1) is 0 Å². The van der Waals surface area contributed by atoms with Gasteiger partial charge in [0, 0.05) is 34.1 Å². The molecule has 0 bridgehead atoms. The fraction of sp³-hybridized carbons (Fsp3) is 0.432. The van der Waals surface area contributed by atoms with Crippen LogP contribution >= 0.6 is 11.7 Å². The Morgan fingerprint density at radius 2 is 0.539 bits per heavy atom. The quantitative estimate of drug-likeness (QED) is 0.0203. The minimum Gasteiger partial charge on any atom is -0.494 e. The molecule has 0 aliphatic carbocycles. The van der Waals surface area contributed by atoms with Crippen LogP contribution in [0.1, 0.15) is 182 Å². The standard InChI is InChI=1S/C74H92N6O8S/c1-5-9-13-17-21-25-53-85-65-45-37-61(38-46-65)77(62-39-47-66(48-40-62)86-54-26-22-18-14-10-6-2)59-33-29-57(30-34-59)69-71-72(76-89-75-71)70(74(80(83)84)73(69)79(81)82)58-31-35-60(36-32-58)78(63-41-49-67(50-42-63)87-55-27-23-19-15-11-7-3)64-43-51-68(52-44-64)88-56-28-24-20-16-12-8-4/h29-52H,5-28,53-56H2,1-4H3. The molecule has 15 heteroatoms. The van der Waals surface area contributed by atoms with E-state index in [4.69, 9.17) is 18.9 Å². The molecule has 472 valence electrons. The summed E-state index contributed by atoms with van der Waals surface area (Å²) in [6.45, 7) is 11.5. The minimum absolute atomic E-state index is 0.0210. The van der Waals surface area contributed by atoms with Crippen molar-refractivity contribution in [1.82, 2.24) is 8.75 Å². The lowest BCUT2D eigenvalue weighted by Crippen LogP contribution is -2.10. The molecule has 0 radical (unpaired) electrons. The predicted molar refractivity (Wildman–Crippen MR) is 366 cm³/mol. The van der Waals surface area contributed by atoms with Crippen LogP contribution in [0.2, 0.25) is 0 Å². The first kappa shape index (κ1) is 66.9. The molecule has 8 rings (SSSR count). The van der Waals surface area contributed by atoms with Gasteiger partial charge < -0.3 is 28.7 Å². The van der Waals surface area contributed by atoms with E-state index in [2.05, 4.69) is 46.2 Å². The number of unbranched alkanes of at least 4 members (excludes halogenated alkanes) is 20. The second kappa shape index (κ2) is 36.4. The fourth-order valence-corrected chi connectivity index (χ4v) is 11.9. The number of nitro benzene ring substituents is 2. The van der Waals surface area contributed by atoms with E-state index in [0.717, 1.165) is 120 Å². The molecular formula is C74H92N6O8S. The van der Waals surface area contributed by atoms with Gasteiger partial charge in [0.25, 0.3) is 0 Å². The summed E-state index contributed by atoms with van der Waals surface area (Å²) in [6, 6.07) is 46.5. The van der Waals surface area contributed by atoms with Crippen molar-refractivity contribution in [1.29, 1.82) is 0 Å². The van der Waals surface area contributed by atoms with E-state index in [0.29, 0.717) is 37.6 Å².